The van der Waals surface area contributed by atoms with Gasteiger partial charge >= 0.3 is 0 Å². The largest absolute Gasteiger partial charge is 0.336 e. The molecule has 26 heavy (non-hydrogen) atoms. The number of carbonyl (C=O) groups excluding carboxylic acids is 2. The van der Waals surface area contributed by atoms with Crippen LogP contribution in [0.4, 0.5) is 14.5 Å². The van der Waals surface area contributed by atoms with Crippen molar-refractivity contribution in [2.75, 3.05) is 24.7 Å². The lowest BCUT2D eigenvalue weighted by Gasteiger charge is -2.16. The van der Waals surface area contributed by atoms with Gasteiger partial charge in [-0.2, -0.15) is 0 Å². The second-order valence-electron chi connectivity index (χ2n) is 5.84. The maximum atomic E-state index is 13.1. The number of rotatable bonds is 7. The molecule has 0 saturated heterocycles. The Morgan fingerprint density at radius 2 is 1.77 bits per heavy atom. The van der Waals surface area contributed by atoms with E-state index in [1.54, 1.807) is 19.2 Å². The first kappa shape index (κ1) is 19.9. The molecule has 0 unspecified atom stereocenters. The predicted molar refractivity (Wildman–Crippen MR) is 99.1 cm³/mol. The molecule has 138 valence electrons. The van der Waals surface area contributed by atoms with Crippen molar-refractivity contribution in [1.82, 2.24) is 4.90 Å². The average Bonchev–Trinajstić information content (AvgIpc) is 2.60. The molecule has 0 bridgehead atoms. The highest BCUT2D eigenvalue weighted by Gasteiger charge is 2.13. The quantitative estimate of drug-likeness (QED) is 0.745. The van der Waals surface area contributed by atoms with Crippen molar-refractivity contribution in [2.45, 2.75) is 18.2 Å². The number of anilines is 1. The van der Waals surface area contributed by atoms with Gasteiger partial charge in [0.15, 0.2) is 11.6 Å². The lowest BCUT2D eigenvalue weighted by atomic mass is 10.2. The summed E-state index contributed by atoms with van der Waals surface area (Å²) in [6.45, 7) is 1.90. The number of benzene rings is 2. The predicted octanol–water partition coefficient (Wildman–Crippen LogP) is 3.85. The molecule has 0 heterocycles. The minimum absolute atomic E-state index is 0.0530. The number of hydrogen-bond donors (Lipinski definition) is 1. The molecule has 2 aromatic rings. The number of thioether (sulfide) groups is 1. The van der Waals surface area contributed by atoms with Crippen LogP contribution in [0.1, 0.15) is 12.0 Å². The van der Waals surface area contributed by atoms with Crippen molar-refractivity contribution >= 4 is 29.3 Å². The fraction of sp³-hybridized carbons (Fsp3) is 0.263. The maximum absolute atomic E-state index is 13.1. The second-order valence-corrected chi connectivity index (χ2v) is 7.01. The molecular weight excluding hydrogens is 358 g/mol. The average molecular weight is 378 g/mol. The summed E-state index contributed by atoms with van der Waals surface area (Å²) in [5.74, 6) is -1.87. The summed E-state index contributed by atoms with van der Waals surface area (Å²) in [4.78, 5) is 26.0. The van der Waals surface area contributed by atoms with Crippen LogP contribution in [0.5, 0.6) is 0 Å². The van der Waals surface area contributed by atoms with E-state index in [1.807, 2.05) is 19.1 Å². The van der Waals surface area contributed by atoms with E-state index < -0.39 is 11.6 Å². The van der Waals surface area contributed by atoms with E-state index in [2.05, 4.69) is 5.32 Å². The normalized spacial score (nSPS) is 10.5. The zero-order valence-electron chi connectivity index (χ0n) is 14.6. The topological polar surface area (TPSA) is 49.4 Å². The van der Waals surface area contributed by atoms with Crippen LogP contribution in [0.3, 0.4) is 0 Å². The van der Waals surface area contributed by atoms with Crippen LogP contribution in [0.2, 0.25) is 0 Å². The van der Waals surface area contributed by atoms with Crippen LogP contribution in [0.15, 0.2) is 47.4 Å². The molecule has 2 aromatic carbocycles. The van der Waals surface area contributed by atoms with Crippen LogP contribution in [-0.2, 0) is 9.59 Å². The summed E-state index contributed by atoms with van der Waals surface area (Å²) in [7, 11) is 1.55. The number of nitrogens with one attached hydrogen (secondary N) is 1. The molecule has 0 radical (unpaired) electrons. The Bertz CT molecular complexity index is 782. The summed E-state index contributed by atoms with van der Waals surface area (Å²) in [6.07, 6.45) is 0.192. The van der Waals surface area contributed by atoms with Gasteiger partial charge in [-0.15, -0.1) is 11.8 Å². The minimum Gasteiger partial charge on any atom is -0.336 e. The second kappa shape index (κ2) is 9.33. The van der Waals surface area contributed by atoms with Gasteiger partial charge in [-0.3, -0.25) is 9.59 Å². The Morgan fingerprint density at radius 3 is 2.42 bits per heavy atom. The number of carbonyl (C=O) groups is 2. The first-order chi connectivity index (χ1) is 12.3. The molecule has 0 aliphatic heterocycles. The number of nitrogens with zero attached hydrogens (tertiary/aromatic N) is 1. The van der Waals surface area contributed by atoms with Gasteiger partial charge in [-0.05, 0) is 37.3 Å². The summed E-state index contributed by atoms with van der Waals surface area (Å²) < 4.78 is 26.0. The van der Waals surface area contributed by atoms with E-state index >= 15 is 0 Å². The maximum Gasteiger partial charge on any atom is 0.243 e. The van der Waals surface area contributed by atoms with Crippen LogP contribution >= 0.6 is 11.8 Å². The number of aryl methyl sites for hydroxylation is 1. The summed E-state index contributed by atoms with van der Waals surface area (Å²) in [6, 6.07) is 11.0. The summed E-state index contributed by atoms with van der Waals surface area (Å²) >= 11 is 1.26. The molecule has 2 rings (SSSR count). The van der Waals surface area contributed by atoms with Crippen molar-refractivity contribution in [3.05, 3.63) is 59.7 Å². The zero-order valence-corrected chi connectivity index (χ0v) is 15.4. The van der Waals surface area contributed by atoms with Crippen molar-refractivity contribution in [3.63, 3.8) is 0 Å². The Hall–Kier alpha value is -2.41. The number of halogens is 2. The van der Waals surface area contributed by atoms with Crippen molar-refractivity contribution < 1.29 is 18.4 Å². The van der Waals surface area contributed by atoms with Crippen molar-refractivity contribution in [2.24, 2.45) is 0 Å². The Balaban J connectivity index is 1.75. The van der Waals surface area contributed by atoms with E-state index in [9.17, 15) is 18.4 Å². The van der Waals surface area contributed by atoms with E-state index in [1.165, 1.54) is 22.7 Å². The summed E-state index contributed by atoms with van der Waals surface area (Å²) in [5.41, 5.74) is 1.77. The Morgan fingerprint density at radius 1 is 1.08 bits per heavy atom. The van der Waals surface area contributed by atoms with Gasteiger partial charge in [-0.1, -0.05) is 17.7 Å². The van der Waals surface area contributed by atoms with Gasteiger partial charge in [0.05, 0.1) is 6.54 Å². The van der Waals surface area contributed by atoms with Crippen LogP contribution in [-0.4, -0.2) is 36.1 Å². The third-order valence-electron chi connectivity index (χ3n) is 3.62. The Kier molecular flexibility index (Phi) is 7.15. The van der Waals surface area contributed by atoms with Gasteiger partial charge in [0.1, 0.15) is 0 Å². The summed E-state index contributed by atoms with van der Waals surface area (Å²) in [5, 5.41) is 2.73. The minimum atomic E-state index is -0.911. The fourth-order valence-electron chi connectivity index (χ4n) is 2.15. The highest BCUT2D eigenvalue weighted by Crippen LogP contribution is 2.21. The third-order valence-corrected chi connectivity index (χ3v) is 4.61. The molecular formula is C19H20F2N2O2S. The molecule has 7 heteroatoms. The van der Waals surface area contributed by atoms with Gasteiger partial charge in [0.2, 0.25) is 11.8 Å². The van der Waals surface area contributed by atoms with Crippen molar-refractivity contribution in [1.29, 1.82) is 0 Å². The van der Waals surface area contributed by atoms with E-state index in [4.69, 9.17) is 0 Å². The molecule has 4 nitrogen and oxygen atoms in total. The molecule has 0 aromatic heterocycles. The van der Waals surface area contributed by atoms with Gasteiger partial charge in [0.25, 0.3) is 0 Å². The molecule has 0 spiro atoms. The SMILES string of the molecule is Cc1ccc(NC(=O)CN(C)C(=O)CCSc2ccc(F)c(F)c2)cc1. The van der Waals surface area contributed by atoms with Gasteiger partial charge in [-0.25, -0.2) is 8.78 Å². The molecule has 0 fully saturated rings. The van der Waals surface area contributed by atoms with Crippen LogP contribution in [0.25, 0.3) is 0 Å². The highest BCUT2D eigenvalue weighted by atomic mass is 32.2. The van der Waals surface area contributed by atoms with Crippen molar-refractivity contribution in [3.8, 4) is 0 Å². The number of hydrogen-bond acceptors (Lipinski definition) is 3. The number of likely N-dealkylation sites (N-methyl/N-ethyl adjacent to an activating group) is 1. The number of amides is 2. The monoisotopic (exact) mass is 378 g/mol. The molecule has 1 N–H and O–H groups in total. The van der Waals surface area contributed by atoms with E-state index in [0.717, 1.165) is 17.7 Å². The molecule has 0 saturated carbocycles. The van der Waals surface area contributed by atoms with E-state index in [-0.39, 0.29) is 24.8 Å². The standard InChI is InChI=1S/C19H20F2N2O2S/c1-13-3-5-14(6-4-13)22-18(24)12-23(2)19(25)9-10-26-15-7-8-16(20)17(21)11-15/h3-8,11H,9-10,12H2,1-2H3,(H,22,24). The lowest BCUT2D eigenvalue weighted by molar-refractivity contribution is -0.132. The highest BCUT2D eigenvalue weighted by molar-refractivity contribution is 7.99. The first-order valence-corrected chi connectivity index (χ1v) is 9.02. The van der Waals surface area contributed by atoms with Crippen LogP contribution in [0, 0.1) is 18.6 Å². The zero-order chi connectivity index (χ0) is 19.1. The van der Waals surface area contributed by atoms with Gasteiger partial charge in [0, 0.05) is 29.8 Å². The fourth-order valence-corrected chi connectivity index (χ4v) is 3.02. The molecule has 0 atom stereocenters. The Labute approximate surface area is 155 Å². The molecule has 0 aliphatic carbocycles. The molecule has 0 aliphatic rings. The third kappa shape index (κ3) is 6.15. The smallest absolute Gasteiger partial charge is 0.243 e. The lowest BCUT2D eigenvalue weighted by Crippen LogP contribution is -2.35. The molecule has 2 amide bonds. The van der Waals surface area contributed by atoms with Gasteiger partial charge < -0.3 is 10.2 Å². The van der Waals surface area contributed by atoms with Crippen LogP contribution < -0.4 is 5.32 Å². The van der Waals surface area contributed by atoms with E-state index in [0.29, 0.717) is 16.3 Å². The first-order valence-electron chi connectivity index (χ1n) is 8.03.